The molecule has 0 aliphatic heterocycles. The lowest BCUT2D eigenvalue weighted by molar-refractivity contribution is 0.711. The molecule has 0 unspecified atom stereocenters. The zero-order valence-corrected chi connectivity index (χ0v) is 11.2. The van der Waals surface area contributed by atoms with Gasteiger partial charge in [0.05, 0.1) is 0 Å². The smallest absolute Gasteiger partial charge is 0.166 e. The summed E-state index contributed by atoms with van der Waals surface area (Å²) in [4.78, 5) is 0. The summed E-state index contributed by atoms with van der Waals surface area (Å²) in [7, 11) is 0. The third-order valence-electron chi connectivity index (χ3n) is 2.03. The van der Waals surface area contributed by atoms with E-state index in [-0.39, 0.29) is 0 Å². The SMILES string of the molecule is CC(C)NC(=S)NCCc1ccc(Cl)cc1. The average Bonchev–Trinajstić information content (AvgIpc) is 2.20. The molecule has 0 aliphatic carbocycles. The van der Waals surface area contributed by atoms with Crippen LogP contribution < -0.4 is 10.6 Å². The monoisotopic (exact) mass is 256 g/mol. The highest BCUT2D eigenvalue weighted by molar-refractivity contribution is 7.80. The van der Waals surface area contributed by atoms with Gasteiger partial charge >= 0.3 is 0 Å². The summed E-state index contributed by atoms with van der Waals surface area (Å²) in [6, 6.07) is 8.24. The normalized spacial score (nSPS) is 10.2. The van der Waals surface area contributed by atoms with Gasteiger partial charge in [0.15, 0.2) is 5.11 Å². The van der Waals surface area contributed by atoms with Crippen molar-refractivity contribution in [1.82, 2.24) is 10.6 Å². The van der Waals surface area contributed by atoms with E-state index in [1.807, 2.05) is 24.3 Å². The second-order valence-corrected chi connectivity index (χ2v) is 4.78. The number of rotatable bonds is 4. The van der Waals surface area contributed by atoms with Gasteiger partial charge in [-0.1, -0.05) is 23.7 Å². The van der Waals surface area contributed by atoms with Gasteiger partial charge in [0.1, 0.15) is 0 Å². The highest BCUT2D eigenvalue weighted by atomic mass is 35.5. The lowest BCUT2D eigenvalue weighted by Crippen LogP contribution is -2.40. The highest BCUT2D eigenvalue weighted by Gasteiger charge is 1.98. The van der Waals surface area contributed by atoms with Gasteiger partial charge in [-0.15, -0.1) is 0 Å². The minimum absolute atomic E-state index is 0.371. The second-order valence-electron chi connectivity index (χ2n) is 3.93. The quantitative estimate of drug-likeness (QED) is 0.811. The van der Waals surface area contributed by atoms with Crippen molar-refractivity contribution in [3.05, 3.63) is 34.9 Å². The molecule has 0 spiro atoms. The maximum Gasteiger partial charge on any atom is 0.166 e. The molecular formula is C12H17ClN2S. The fourth-order valence-corrected chi connectivity index (χ4v) is 1.75. The molecule has 0 aliphatic rings. The Morgan fingerprint density at radius 1 is 1.31 bits per heavy atom. The molecule has 0 bridgehead atoms. The van der Waals surface area contributed by atoms with E-state index in [2.05, 4.69) is 24.5 Å². The van der Waals surface area contributed by atoms with E-state index < -0.39 is 0 Å². The topological polar surface area (TPSA) is 24.1 Å². The van der Waals surface area contributed by atoms with Crippen LogP contribution in [0.25, 0.3) is 0 Å². The molecule has 88 valence electrons. The van der Waals surface area contributed by atoms with Crippen molar-refractivity contribution in [2.75, 3.05) is 6.54 Å². The van der Waals surface area contributed by atoms with Crippen LogP contribution in [0.3, 0.4) is 0 Å². The number of thiocarbonyl (C=S) groups is 1. The summed E-state index contributed by atoms with van der Waals surface area (Å²) in [5.41, 5.74) is 1.25. The maximum atomic E-state index is 5.81. The van der Waals surface area contributed by atoms with Gasteiger partial charge in [0.25, 0.3) is 0 Å². The summed E-state index contributed by atoms with van der Waals surface area (Å²) in [6.45, 7) is 4.96. The maximum absolute atomic E-state index is 5.81. The molecule has 2 nitrogen and oxygen atoms in total. The van der Waals surface area contributed by atoms with Crippen LogP contribution in [0.1, 0.15) is 19.4 Å². The Labute approximate surface area is 107 Å². The lowest BCUT2D eigenvalue weighted by Gasteiger charge is -2.12. The molecule has 0 saturated carbocycles. The third-order valence-corrected chi connectivity index (χ3v) is 2.55. The first kappa shape index (κ1) is 13.3. The number of benzene rings is 1. The molecule has 2 N–H and O–H groups in total. The highest BCUT2D eigenvalue weighted by Crippen LogP contribution is 2.09. The molecule has 16 heavy (non-hydrogen) atoms. The first-order valence-corrected chi connectivity index (χ1v) is 6.15. The van der Waals surface area contributed by atoms with Crippen LogP contribution in [-0.2, 0) is 6.42 Å². The Hall–Kier alpha value is -0.800. The summed E-state index contributed by atoms with van der Waals surface area (Å²) >= 11 is 10.9. The predicted octanol–water partition coefficient (Wildman–Crippen LogP) is 2.76. The molecule has 1 aromatic carbocycles. The van der Waals surface area contributed by atoms with Crippen molar-refractivity contribution in [3.63, 3.8) is 0 Å². The fraction of sp³-hybridized carbons (Fsp3) is 0.417. The van der Waals surface area contributed by atoms with E-state index in [1.54, 1.807) is 0 Å². The fourth-order valence-electron chi connectivity index (χ4n) is 1.28. The molecule has 0 heterocycles. The Kier molecular flexibility index (Phi) is 5.56. The van der Waals surface area contributed by atoms with Crippen LogP contribution in [0.15, 0.2) is 24.3 Å². The van der Waals surface area contributed by atoms with Gasteiger partial charge < -0.3 is 10.6 Å². The Morgan fingerprint density at radius 2 is 1.94 bits per heavy atom. The van der Waals surface area contributed by atoms with Crippen LogP contribution in [0.4, 0.5) is 0 Å². The first-order chi connectivity index (χ1) is 7.58. The van der Waals surface area contributed by atoms with Crippen molar-refractivity contribution in [3.8, 4) is 0 Å². The zero-order chi connectivity index (χ0) is 12.0. The standard InChI is InChI=1S/C12H17ClN2S/c1-9(2)15-12(16)14-8-7-10-3-5-11(13)6-4-10/h3-6,9H,7-8H2,1-2H3,(H2,14,15,16). The van der Waals surface area contributed by atoms with Crippen LogP contribution in [0, 0.1) is 0 Å². The molecule has 0 radical (unpaired) electrons. The minimum Gasteiger partial charge on any atom is -0.362 e. The molecule has 1 aromatic rings. The average molecular weight is 257 g/mol. The first-order valence-electron chi connectivity index (χ1n) is 5.36. The lowest BCUT2D eigenvalue weighted by atomic mass is 10.1. The summed E-state index contributed by atoms with van der Waals surface area (Å²) < 4.78 is 0. The summed E-state index contributed by atoms with van der Waals surface area (Å²) in [6.07, 6.45) is 0.942. The number of nitrogens with one attached hydrogen (secondary N) is 2. The molecule has 0 fully saturated rings. The van der Waals surface area contributed by atoms with Gasteiger partial charge in [-0.3, -0.25) is 0 Å². The molecule has 0 saturated heterocycles. The number of hydrogen-bond donors (Lipinski definition) is 2. The molecular weight excluding hydrogens is 240 g/mol. The van der Waals surface area contributed by atoms with E-state index in [4.69, 9.17) is 23.8 Å². The Balaban J connectivity index is 2.25. The largest absolute Gasteiger partial charge is 0.362 e. The van der Waals surface area contributed by atoms with Crippen molar-refractivity contribution in [1.29, 1.82) is 0 Å². The summed E-state index contributed by atoms with van der Waals surface area (Å²) in [5.74, 6) is 0. The minimum atomic E-state index is 0.371. The Bertz CT molecular complexity index is 335. The van der Waals surface area contributed by atoms with Gasteiger partial charge in [0.2, 0.25) is 0 Å². The van der Waals surface area contributed by atoms with Crippen LogP contribution in [0.5, 0.6) is 0 Å². The van der Waals surface area contributed by atoms with Crippen molar-refractivity contribution in [2.45, 2.75) is 26.3 Å². The van der Waals surface area contributed by atoms with Crippen molar-refractivity contribution < 1.29 is 0 Å². The van der Waals surface area contributed by atoms with Gasteiger partial charge in [-0.25, -0.2) is 0 Å². The predicted molar refractivity (Wildman–Crippen MR) is 74.0 cm³/mol. The van der Waals surface area contributed by atoms with Gasteiger partial charge in [-0.05, 0) is 50.2 Å². The molecule has 0 atom stereocenters. The third kappa shape index (κ3) is 5.33. The molecule has 0 aromatic heterocycles. The second kappa shape index (κ2) is 6.71. The van der Waals surface area contributed by atoms with Crippen LogP contribution >= 0.6 is 23.8 Å². The van der Waals surface area contributed by atoms with Crippen LogP contribution in [-0.4, -0.2) is 17.7 Å². The van der Waals surface area contributed by atoms with E-state index in [0.29, 0.717) is 11.2 Å². The molecule has 0 amide bonds. The van der Waals surface area contributed by atoms with Gasteiger partial charge in [0, 0.05) is 17.6 Å². The number of hydrogen-bond acceptors (Lipinski definition) is 1. The zero-order valence-electron chi connectivity index (χ0n) is 9.59. The van der Waals surface area contributed by atoms with E-state index in [0.717, 1.165) is 18.0 Å². The summed E-state index contributed by atoms with van der Waals surface area (Å²) in [5, 5.41) is 7.79. The van der Waals surface area contributed by atoms with Crippen molar-refractivity contribution >= 4 is 28.9 Å². The number of halogens is 1. The van der Waals surface area contributed by atoms with Gasteiger partial charge in [-0.2, -0.15) is 0 Å². The van der Waals surface area contributed by atoms with E-state index in [1.165, 1.54) is 5.56 Å². The molecule has 4 heteroatoms. The van der Waals surface area contributed by atoms with E-state index >= 15 is 0 Å². The van der Waals surface area contributed by atoms with E-state index in [9.17, 15) is 0 Å². The Morgan fingerprint density at radius 3 is 2.50 bits per heavy atom. The van der Waals surface area contributed by atoms with Crippen LogP contribution in [0.2, 0.25) is 5.02 Å². The molecule has 1 rings (SSSR count). The van der Waals surface area contributed by atoms with Crippen molar-refractivity contribution in [2.24, 2.45) is 0 Å².